The van der Waals surface area contributed by atoms with Crippen LogP contribution in [0, 0.1) is 0 Å². The largest absolute Gasteiger partial charge is 0.507 e. The lowest BCUT2D eigenvalue weighted by atomic mass is 9.88. The van der Waals surface area contributed by atoms with E-state index in [4.69, 9.17) is 4.74 Å². The molecule has 6 nitrogen and oxygen atoms in total. The number of rotatable bonds is 6. The third-order valence-corrected chi connectivity index (χ3v) is 6.77. The molecular weight excluding hydrogens is 464 g/mol. The van der Waals surface area contributed by atoms with E-state index in [2.05, 4.69) is 17.1 Å². The van der Waals surface area contributed by atoms with Gasteiger partial charge in [0.15, 0.2) is 0 Å². The number of aromatic hydroxyl groups is 1. The maximum absolute atomic E-state index is 13.4. The Labute approximate surface area is 219 Å². The first-order chi connectivity index (χ1) is 17.6. The first-order valence-corrected chi connectivity index (χ1v) is 12.9. The molecule has 1 fully saturated rings. The van der Waals surface area contributed by atoms with Gasteiger partial charge < -0.3 is 20.1 Å². The number of hydrogen-bond acceptors (Lipinski definition) is 5. The van der Waals surface area contributed by atoms with Gasteiger partial charge in [-0.15, -0.1) is 0 Å². The maximum atomic E-state index is 13.4. The van der Waals surface area contributed by atoms with Crippen molar-refractivity contribution in [1.82, 2.24) is 4.90 Å². The van der Waals surface area contributed by atoms with Crippen LogP contribution in [0.1, 0.15) is 72.7 Å². The average molecular weight is 501 g/mol. The van der Waals surface area contributed by atoms with Gasteiger partial charge in [-0.05, 0) is 100 Å². The van der Waals surface area contributed by atoms with Gasteiger partial charge in [0.1, 0.15) is 11.4 Å². The van der Waals surface area contributed by atoms with Crippen LogP contribution in [0.25, 0.3) is 11.1 Å². The fraction of sp³-hybridized carbons (Fsp3) is 0.355. The Hall–Kier alpha value is -3.64. The quantitative estimate of drug-likeness (QED) is 0.380. The fourth-order valence-electron chi connectivity index (χ4n) is 4.73. The number of benzene rings is 3. The van der Waals surface area contributed by atoms with E-state index in [0.29, 0.717) is 11.6 Å². The van der Waals surface area contributed by atoms with Gasteiger partial charge in [0.05, 0.1) is 16.8 Å². The van der Waals surface area contributed by atoms with Crippen molar-refractivity contribution in [2.24, 2.45) is 0 Å². The van der Waals surface area contributed by atoms with Gasteiger partial charge in [0.2, 0.25) is 0 Å². The number of phenols is 1. The number of likely N-dealkylation sites (tertiary alicyclic amines) is 1. The molecule has 0 radical (unpaired) electrons. The second kappa shape index (κ2) is 11.2. The third kappa shape index (κ3) is 6.57. The summed E-state index contributed by atoms with van der Waals surface area (Å²) in [5.41, 5.74) is 2.95. The number of nitrogens with one attached hydrogen (secondary N) is 1. The number of carbonyl (C=O) groups is 2. The molecule has 4 rings (SSSR count). The van der Waals surface area contributed by atoms with Crippen LogP contribution in [0.3, 0.4) is 0 Å². The molecule has 0 bridgehead atoms. The highest BCUT2D eigenvalue weighted by Crippen LogP contribution is 2.32. The van der Waals surface area contributed by atoms with Gasteiger partial charge in [-0.25, -0.2) is 4.79 Å². The number of anilines is 1. The van der Waals surface area contributed by atoms with Gasteiger partial charge in [0, 0.05) is 0 Å². The summed E-state index contributed by atoms with van der Waals surface area (Å²) in [6.07, 6.45) is 2.03. The minimum Gasteiger partial charge on any atom is -0.507 e. The smallest absolute Gasteiger partial charge is 0.340 e. The highest BCUT2D eigenvalue weighted by atomic mass is 16.6. The zero-order valence-electron chi connectivity index (χ0n) is 22.1. The molecule has 1 aliphatic heterocycles. The molecule has 0 atom stereocenters. The zero-order chi connectivity index (χ0) is 26.6. The molecule has 3 aromatic carbocycles. The summed E-state index contributed by atoms with van der Waals surface area (Å²) < 4.78 is 5.59. The van der Waals surface area contributed by atoms with Crippen LogP contribution in [0.15, 0.2) is 66.7 Å². The standard InChI is InChI=1S/C31H36N2O4/c1-5-33-17-15-22(16-18-33)23-12-14-28(34)26(19-23)29(35)32-27-20-24(21-9-7-6-8-10-21)11-13-25(27)30(36)37-31(2,3)4/h6-14,19-20,22,34H,5,15-18H2,1-4H3,(H,32,35). The molecule has 0 aromatic heterocycles. The molecule has 0 spiro atoms. The molecule has 0 saturated carbocycles. The van der Waals surface area contributed by atoms with E-state index in [1.54, 1.807) is 45.0 Å². The van der Waals surface area contributed by atoms with Crippen molar-refractivity contribution < 1.29 is 19.4 Å². The Morgan fingerprint density at radius 2 is 1.65 bits per heavy atom. The van der Waals surface area contributed by atoms with Crippen molar-refractivity contribution in [1.29, 1.82) is 0 Å². The van der Waals surface area contributed by atoms with Gasteiger partial charge in [-0.3, -0.25) is 4.79 Å². The summed E-state index contributed by atoms with van der Waals surface area (Å²) >= 11 is 0. The Balaban J connectivity index is 1.64. The SMILES string of the molecule is CCN1CCC(c2ccc(O)c(C(=O)Nc3cc(-c4ccccc4)ccc3C(=O)OC(C)(C)C)c2)CC1. The molecule has 1 heterocycles. The Morgan fingerprint density at radius 3 is 2.30 bits per heavy atom. The molecule has 1 aliphatic rings. The van der Waals surface area contributed by atoms with Crippen molar-refractivity contribution in [2.75, 3.05) is 25.0 Å². The van der Waals surface area contributed by atoms with E-state index in [9.17, 15) is 14.7 Å². The fourth-order valence-corrected chi connectivity index (χ4v) is 4.73. The maximum Gasteiger partial charge on any atom is 0.340 e. The molecule has 6 heteroatoms. The number of carbonyl (C=O) groups excluding carboxylic acids is 2. The molecular formula is C31H36N2O4. The number of ether oxygens (including phenoxy) is 1. The van der Waals surface area contributed by atoms with Crippen LogP contribution in [0.2, 0.25) is 0 Å². The van der Waals surface area contributed by atoms with Gasteiger partial charge in [-0.1, -0.05) is 49.4 Å². The monoisotopic (exact) mass is 500 g/mol. The Morgan fingerprint density at radius 1 is 0.946 bits per heavy atom. The lowest BCUT2D eigenvalue weighted by Crippen LogP contribution is -2.32. The predicted molar refractivity (Wildman–Crippen MR) is 147 cm³/mol. The van der Waals surface area contributed by atoms with Crippen LogP contribution in [0.5, 0.6) is 5.75 Å². The lowest BCUT2D eigenvalue weighted by molar-refractivity contribution is 0.00707. The third-order valence-electron chi connectivity index (χ3n) is 6.77. The van der Waals surface area contributed by atoms with Crippen LogP contribution < -0.4 is 5.32 Å². The zero-order valence-corrected chi connectivity index (χ0v) is 22.1. The number of amides is 1. The molecule has 1 amide bonds. The van der Waals surface area contributed by atoms with E-state index in [-0.39, 0.29) is 16.9 Å². The van der Waals surface area contributed by atoms with Gasteiger partial charge in [0.25, 0.3) is 5.91 Å². The van der Waals surface area contributed by atoms with Gasteiger partial charge in [-0.2, -0.15) is 0 Å². The topological polar surface area (TPSA) is 78.9 Å². The second-order valence-electron chi connectivity index (χ2n) is 10.6. The first-order valence-electron chi connectivity index (χ1n) is 12.9. The van der Waals surface area contributed by atoms with Crippen molar-refractivity contribution in [3.8, 4) is 16.9 Å². The molecule has 2 N–H and O–H groups in total. The molecule has 194 valence electrons. The number of piperidine rings is 1. The highest BCUT2D eigenvalue weighted by molar-refractivity contribution is 6.10. The lowest BCUT2D eigenvalue weighted by Gasteiger charge is -2.31. The van der Waals surface area contributed by atoms with E-state index < -0.39 is 17.5 Å². The normalized spacial score (nSPS) is 14.8. The van der Waals surface area contributed by atoms with Crippen molar-refractivity contribution in [3.05, 3.63) is 83.4 Å². The van der Waals surface area contributed by atoms with Crippen molar-refractivity contribution in [3.63, 3.8) is 0 Å². The van der Waals surface area contributed by atoms with Crippen LogP contribution in [-0.2, 0) is 4.74 Å². The summed E-state index contributed by atoms with van der Waals surface area (Å²) in [6, 6.07) is 20.3. The highest BCUT2D eigenvalue weighted by Gasteiger charge is 2.24. The Bertz CT molecular complexity index is 1260. The minimum absolute atomic E-state index is 0.0923. The minimum atomic E-state index is -0.684. The summed E-state index contributed by atoms with van der Waals surface area (Å²) in [7, 11) is 0. The number of phenolic OH excluding ortho intramolecular Hbond substituents is 1. The summed E-state index contributed by atoms with van der Waals surface area (Å²) in [6.45, 7) is 10.7. The van der Waals surface area contributed by atoms with E-state index >= 15 is 0 Å². The van der Waals surface area contributed by atoms with Crippen molar-refractivity contribution in [2.45, 2.75) is 52.1 Å². The van der Waals surface area contributed by atoms with Crippen molar-refractivity contribution >= 4 is 17.6 Å². The second-order valence-corrected chi connectivity index (χ2v) is 10.6. The number of nitrogens with zero attached hydrogens (tertiary/aromatic N) is 1. The molecule has 3 aromatic rings. The number of esters is 1. The number of hydrogen-bond donors (Lipinski definition) is 2. The average Bonchev–Trinajstić information content (AvgIpc) is 2.88. The van der Waals surface area contributed by atoms with E-state index in [1.807, 2.05) is 42.5 Å². The van der Waals surface area contributed by atoms with Crippen LogP contribution in [0.4, 0.5) is 5.69 Å². The summed E-state index contributed by atoms with van der Waals surface area (Å²) in [4.78, 5) is 28.9. The molecule has 0 unspecified atom stereocenters. The molecule has 37 heavy (non-hydrogen) atoms. The Kier molecular flexibility index (Phi) is 7.98. The summed E-state index contributed by atoms with van der Waals surface area (Å²) in [5, 5.41) is 13.4. The van der Waals surface area contributed by atoms with E-state index in [0.717, 1.165) is 49.2 Å². The van der Waals surface area contributed by atoms with Crippen LogP contribution in [-0.4, -0.2) is 47.1 Å². The van der Waals surface area contributed by atoms with Gasteiger partial charge >= 0.3 is 5.97 Å². The van der Waals surface area contributed by atoms with E-state index in [1.165, 1.54) is 0 Å². The van der Waals surface area contributed by atoms with Crippen LogP contribution >= 0.6 is 0 Å². The first kappa shape index (κ1) is 26.4. The molecule has 1 saturated heterocycles. The predicted octanol–water partition coefficient (Wildman–Crippen LogP) is 6.47. The summed E-state index contributed by atoms with van der Waals surface area (Å²) in [5.74, 6) is -0.748. The molecule has 0 aliphatic carbocycles.